The molecule has 3 heterocycles. The predicted molar refractivity (Wildman–Crippen MR) is 87.4 cm³/mol. The smallest absolute Gasteiger partial charge is 0.258 e. The summed E-state index contributed by atoms with van der Waals surface area (Å²) < 4.78 is 21.1. The van der Waals surface area contributed by atoms with Gasteiger partial charge >= 0.3 is 0 Å². The van der Waals surface area contributed by atoms with Gasteiger partial charge in [-0.05, 0) is 30.3 Å². The van der Waals surface area contributed by atoms with Crippen LogP contribution in [0.1, 0.15) is 5.82 Å². The Hall–Kier alpha value is -3.62. The van der Waals surface area contributed by atoms with Crippen LogP contribution in [0, 0.1) is 0 Å². The number of ether oxygens (including phenoxy) is 3. The number of carbonyl (C=O) groups is 1. The van der Waals surface area contributed by atoms with E-state index >= 15 is 0 Å². The van der Waals surface area contributed by atoms with Crippen molar-refractivity contribution in [2.45, 2.75) is 6.54 Å². The number of rotatable bonds is 6. The van der Waals surface area contributed by atoms with E-state index < -0.39 is 0 Å². The number of amides is 1. The summed E-state index contributed by atoms with van der Waals surface area (Å²) in [6.07, 6.45) is 3.16. The number of fused-ring (bicyclic) bond motifs is 1. The third kappa shape index (κ3) is 3.56. The minimum atomic E-state index is -0.303. The zero-order valence-corrected chi connectivity index (χ0v) is 13.5. The lowest BCUT2D eigenvalue weighted by Gasteiger charge is -2.05. The van der Waals surface area contributed by atoms with E-state index in [0.29, 0.717) is 34.5 Å². The highest BCUT2D eigenvalue weighted by Crippen LogP contribution is 2.35. The van der Waals surface area contributed by atoms with Crippen LogP contribution in [0.15, 0.2) is 47.2 Å². The van der Waals surface area contributed by atoms with Crippen molar-refractivity contribution >= 4 is 5.91 Å². The van der Waals surface area contributed by atoms with Crippen LogP contribution >= 0.6 is 0 Å². The van der Waals surface area contributed by atoms with Crippen molar-refractivity contribution in [1.29, 1.82) is 0 Å². The van der Waals surface area contributed by atoms with E-state index in [1.54, 1.807) is 36.5 Å². The lowest BCUT2D eigenvalue weighted by atomic mass is 10.2. The standard InChI is InChI=1S/C17H14N4O5/c22-16(9-23-12-2-1-5-18-7-12)19-8-15-20-17(26-21-15)11-3-4-13-14(6-11)25-10-24-13/h1-7H,8-10H2,(H,19,22). The quantitative estimate of drug-likeness (QED) is 0.710. The third-order valence-electron chi connectivity index (χ3n) is 3.54. The summed E-state index contributed by atoms with van der Waals surface area (Å²) in [5, 5.41) is 6.51. The second kappa shape index (κ2) is 7.09. The van der Waals surface area contributed by atoms with Gasteiger partial charge in [0.1, 0.15) is 5.75 Å². The Morgan fingerprint density at radius 1 is 1.23 bits per heavy atom. The van der Waals surface area contributed by atoms with E-state index in [9.17, 15) is 4.79 Å². The van der Waals surface area contributed by atoms with E-state index in [0.717, 1.165) is 0 Å². The van der Waals surface area contributed by atoms with Gasteiger partial charge in [0.25, 0.3) is 11.8 Å². The number of hydrogen-bond donors (Lipinski definition) is 1. The summed E-state index contributed by atoms with van der Waals surface area (Å²) in [5.41, 5.74) is 0.708. The molecule has 26 heavy (non-hydrogen) atoms. The molecule has 0 radical (unpaired) electrons. The van der Waals surface area contributed by atoms with Gasteiger partial charge in [-0.2, -0.15) is 4.98 Å². The largest absolute Gasteiger partial charge is 0.482 e. The van der Waals surface area contributed by atoms with E-state index in [1.807, 2.05) is 0 Å². The summed E-state index contributed by atoms with van der Waals surface area (Å²) in [5.74, 6) is 2.21. The molecule has 1 aliphatic heterocycles. The topological polar surface area (TPSA) is 109 Å². The van der Waals surface area contributed by atoms with E-state index in [-0.39, 0.29) is 25.9 Å². The van der Waals surface area contributed by atoms with Gasteiger partial charge in [-0.25, -0.2) is 0 Å². The summed E-state index contributed by atoms with van der Waals surface area (Å²) in [6, 6.07) is 8.78. The monoisotopic (exact) mass is 354 g/mol. The molecule has 2 aromatic heterocycles. The first-order valence-corrected chi connectivity index (χ1v) is 7.80. The van der Waals surface area contributed by atoms with Gasteiger partial charge in [-0.3, -0.25) is 9.78 Å². The minimum absolute atomic E-state index is 0.126. The average molecular weight is 354 g/mol. The summed E-state index contributed by atoms with van der Waals surface area (Å²) in [6.45, 7) is 0.197. The van der Waals surface area contributed by atoms with Crippen molar-refractivity contribution in [2.24, 2.45) is 0 Å². The molecule has 1 N–H and O–H groups in total. The molecule has 0 aliphatic carbocycles. The van der Waals surface area contributed by atoms with E-state index in [1.165, 1.54) is 6.20 Å². The molecule has 9 nitrogen and oxygen atoms in total. The Morgan fingerprint density at radius 2 is 2.15 bits per heavy atom. The number of aromatic nitrogens is 3. The van der Waals surface area contributed by atoms with Crippen LogP contribution in [-0.2, 0) is 11.3 Å². The zero-order valence-electron chi connectivity index (χ0n) is 13.5. The van der Waals surface area contributed by atoms with Crippen LogP contribution in [0.4, 0.5) is 0 Å². The molecule has 0 spiro atoms. The van der Waals surface area contributed by atoms with Crippen molar-refractivity contribution in [3.63, 3.8) is 0 Å². The molecule has 0 bridgehead atoms. The summed E-state index contributed by atoms with van der Waals surface area (Å²) in [7, 11) is 0. The molecule has 1 amide bonds. The van der Waals surface area contributed by atoms with Crippen molar-refractivity contribution < 1.29 is 23.5 Å². The molecule has 0 atom stereocenters. The first-order valence-electron chi connectivity index (χ1n) is 7.80. The molecule has 0 saturated heterocycles. The maximum Gasteiger partial charge on any atom is 0.258 e. The summed E-state index contributed by atoms with van der Waals surface area (Å²) >= 11 is 0. The molecule has 132 valence electrons. The van der Waals surface area contributed by atoms with Gasteiger partial charge < -0.3 is 24.1 Å². The van der Waals surface area contributed by atoms with Crippen LogP contribution in [0.25, 0.3) is 11.5 Å². The Kier molecular flexibility index (Phi) is 4.33. The van der Waals surface area contributed by atoms with Gasteiger partial charge in [-0.1, -0.05) is 5.16 Å². The van der Waals surface area contributed by atoms with Crippen molar-refractivity contribution in [1.82, 2.24) is 20.4 Å². The fraction of sp³-hybridized carbons (Fsp3) is 0.176. The zero-order chi connectivity index (χ0) is 17.8. The lowest BCUT2D eigenvalue weighted by molar-refractivity contribution is -0.123. The molecule has 4 rings (SSSR count). The van der Waals surface area contributed by atoms with Crippen molar-refractivity contribution in [3.8, 4) is 28.7 Å². The number of hydrogen-bond acceptors (Lipinski definition) is 8. The molecule has 9 heteroatoms. The first kappa shape index (κ1) is 15.9. The second-order valence-corrected chi connectivity index (χ2v) is 5.34. The highest BCUT2D eigenvalue weighted by atomic mass is 16.7. The molecular formula is C17H14N4O5. The molecule has 3 aromatic rings. The third-order valence-corrected chi connectivity index (χ3v) is 3.54. The SMILES string of the molecule is O=C(COc1cccnc1)NCc1noc(-c2ccc3c(c2)OCO3)n1. The van der Waals surface area contributed by atoms with Gasteiger partial charge in [-0.15, -0.1) is 0 Å². The molecule has 0 fully saturated rings. The minimum Gasteiger partial charge on any atom is -0.482 e. The summed E-state index contributed by atoms with van der Waals surface area (Å²) in [4.78, 5) is 20.0. The van der Waals surface area contributed by atoms with Crippen molar-refractivity contribution in [2.75, 3.05) is 13.4 Å². The Labute approximate surface area is 147 Å². The lowest BCUT2D eigenvalue weighted by Crippen LogP contribution is -2.28. The molecular weight excluding hydrogens is 340 g/mol. The molecule has 0 unspecified atom stereocenters. The van der Waals surface area contributed by atoms with E-state index in [2.05, 4.69) is 20.4 Å². The highest BCUT2D eigenvalue weighted by Gasteiger charge is 2.17. The fourth-order valence-electron chi connectivity index (χ4n) is 2.28. The Balaban J connectivity index is 1.31. The Morgan fingerprint density at radius 3 is 3.04 bits per heavy atom. The van der Waals surface area contributed by atoms with E-state index in [4.69, 9.17) is 18.7 Å². The number of nitrogens with zero attached hydrogens (tertiary/aromatic N) is 3. The maximum atomic E-state index is 11.8. The molecule has 1 aromatic carbocycles. The molecule has 0 saturated carbocycles. The average Bonchev–Trinajstić information content (AvgIpc) is 3.34. The van der Waals surface area contributed by atoms with Gasteiger partial charge in [0.2, 0.25) is 6.79 Å². The number of pyridine rings is 1. The van der Waals surface area contributed by atoms with Crippen LogP contribution in [-0.4, -0.2) is 34.4 Å². The second-order valence-electron chi connectivity index (χ2n) is 5.34. The van der Waals surface area contributed by atoms with Gasteiger partial charge in [0.05, 0.1) is 12.7 Å². The van der Waals surface area contributed by atoms with Crippen LogP contribution in [0.5, 0.6) is 17.2 Å². The van der Waals surface area contributed by atoms with Crippen LogP contribution in [0.3, 0.4) is 0 Å². The predicted octanol–water partition coefficient (Wildman–Crippen LogP) is 1.56. The number of carbonyl (C=O) groups excluding carboxylic acids is 1. The Bertz CT molecular complexity index is 913. The fourth-order valence-corrected chi connectivity index (χ4v) is 2.28. The van der Waals surface area contributed by atoms with Crippen LogP contribution in [0.2, 0.25) is 0 Å². The first-order chi connectivity index (χ1) is 12.8. The van der Waals surface area contributed by atoms with Gasteiger partial charge in [0, 0.05) is 11.8 Å². The normalized spacial score (nSPS) is 12.0. The number of benzene rings is 1. The number of nitrogens with one attached hydrogen (secondary N) is 1. The highest BCUT2D eigenvalue weighted by molar-refractivity contribution is 5.77. The maximum absolute atomic E-state index is 11.8. The molecule has 1 aliphatic rings. The van der Waals surface area contributed by atoms with Gasteiger partial charge in [0.15, 0.2) is 23.9 Å². The van der Waals surface area contributed by atoms with Crippen molar-refractivity contribution in [3.05, 3.63) is 48.5 Å². The van der Waals surface area contributed by atoms with Crippen LogP contribution < -0.4 is 19.5 Å².